The number of rotatable bonds is 4. The Morgan fingerprint density at radius 1 is 1.32 bits per heavy atom. The van der Waals surface area contributed by atoms with Gasteiger partial charge in [0.15, 0.2) is 0 Å². The van der Waals surface area contributed by atoms with Crippen molar-refractivity contribution >= 4 is 28.8 Å². The molecule has 0 atom stereocenters. The van der Waals surface area contributed by atoms with Crippen molar-refractivity contribution in [2.24, 2.45) is 0 Å². The van der Waals surface area contributed by atoms with Crippen molar-refractivity contribution < 1.29 is 0 Å². The van der Waals surface area contributed by atoms with E-state index in [1.54, 1.807) is 12.3 Å². The van der Waals surface area contributed by atoms with Crippen molar-refractivity contribution in [1.29, 1.82) is 0 Å². The Kier molecular flexibility index (Phi) is 4.97. The van der Waals surface area contributed by atoms with Crippen LogP contribution in [0.4, 0.5) is 0 Å². The Labute approximate surface area is 123 Å². The first kappa shape index (κ1) is 14.1. The average Bonchev–Trinajstić information content (AvgIpc) is 2.42. The van der Waals surface area contributed by atoms with Crippen LogP contribution in [0.1, 0.15) is 11.1 Å². The van der Waals surface area contributed by atoms with Gasteiger partial charge in [0.2, 0.25) is 0 Å². The SMILES string of the molecule is CNC/C=C(\c1cccnc1)c1ccc(Cl)cc1Cl. The van der Waals surface area contributed by atoms with Gasteiger partial charge in [0.05, 0.1) is 0 Å². The first-order chi connectivity index (χ1) is 9.22. The molecule has 0 aliphatic carbocycles. The van der Waals surface area contributed by atoms with Crippen LogP contribution in [0.15, 0.2) is 48.8 Å². The zero-order chi connectivity index (χ0) is 13.7. The molecular formula is C15H14Cl2N2. The van der Waals surface area contributed by atoms with Crippen LogP contribution in [0.2, 0.25) is 10.0 Å². The Bertz CT molecular complexity index is 580. The number of halogens is 2. The second-order valence-corrected chi connectivity index (χ2v) is 4.88. The topological polar surface area (TPSA) is 24.9 Å². The summed E-state index contributed by atoms with van der Waals surface area (Å²) >= 11 is 12.2. The molecule has 0 aliphatic heterocycles. The average molecular weight is 293 g/mol. The number of hydrogen-bond donors (Lipinski definition) is 1. The first-order valence-electron chi connectivity index (χ1n) is 5.93. The van der Waals surface area contributed by atoms with E-state index in [9.17, 15) is 0 Å². The maximum atomic E-state index is 6.29. The summed E-state index contributed by atoms with van der Waals surface area (Å²) in [6.45, 7) is 0.753. The molecule has 0 spiro atoms. The summed E-state index contributed by atoms with van der Waals surface area (Å²) in [5.41, 5.74) is 3.03. The zero-order valence-electron chi connectivity index (χ0n) is 10.5. The highest BCUT2D eigenvalue weighted by molar-refractivity contribution is 6.35. The monoisotopic (exact) mass is 292 g/mol. The van der Waals surface area contributed by atoms with E-state index in [1.165, 1.54) is 0 Å². The summed E-state index contributed by atoms with van der Waals surface area (Å²) in [7, 11) is 1.90. The molecule has 0 fully saturated rings. The summed E-state index contributed by atoms with van der Waals surface area (Å²) in [6, 6.07) is 9.44. The van der Waals surface area contributed by atoms with Crippen LogP contribution < -0.4 is 5.32 Å². The number of pyridine rings is 1. The number of hydrogen-bond acceptors (Lipinski definition) is 2. The van der Waals surface area contributed by atoms with Gasteiger partial charge in [-0.2, -0.15) is 0 Å². The third kappa shape index (κ3) is 3.57. The Morgan fingerprint density at radius 3 is 2.79 bits per heavy atom. The van der Waals surface area contributed by atoms with Gasteiger partial charge in [-0.15, -0.1) is 0 Å². The number of aromatic nitrogens is 1. The van der Waals surface area contributed by atoms with E-state index >= 15 is 0 Å². The molecule has 0 bridgehead atoms. The maximum Gasteiger partial charge on any atom is 0.0499 e. The van der Waals surface area contributed by atoms with Crippen molar-refractivity contribution in [3.05, 3.63) is 70.0 Å². The normalized spacial score (nSPS) is 11.6. The van der Waals surface area contributed by atoms with E-state index in [1.807, 2.05) is 37.5 Å². The lowest BCUT2D eigenvalue weighted by Crippen LogP contribution is -2.05. The zero-order valence-corrected chi connectivity index (χ0v) is 12.0. The predicted molar refractivity (Wildman–Crippen MR) is 81.7 cm³/mol. The number of likely N-dealkylation sites (N-methyl/N-ethyl adjacent to an activating group) is 1. The molecule has 0 aliphatic rings. The van der Waals surface area contributed by atoms with Gasteiger partial charge in [-0.1, -0.05) is 41.4 Å². The molecular weight excluding hydrogens is 279 g/mol. The molecule has 2 rings (SSSR count). The summed E-state index contributed by atoms with van der Waals surface area (Å²) in [6.07, 6.45) is 5.67. The molecule has 1 heterocycles. The smallest absolute Gasteiger partial charge is 0.0499 e. The third-order valence-corrected chi connectivity index (χ3v) is 3.25. The maximum absolute atomic E-state index is 6.29. The van der Waals surface area contributed by atoms with E-state index in [2.05, 4.69) is 16.4 Å². The minimum Gasteiger partial charge on any atom is -0.316 e. The van der Waals surface area contributed by atoms with Crippen molar-refractivity contribution in [2.45, 2.75) is 0 Å². The minimum absolute atomic E-state index is 0.632. The largest absolute Gasteiger partial charge is 0.316 e. The van der Waals surface area contributed by atoms with Crippen molar-refractivity contribution in [3.63, 3.8) is 0 Å². The fourth-order valence-electron chi connectivity index (χ4n) is 1.82. The highest BCUT2D eigenvalue weighted by Crippen LogP contribution is 2.30. The van der Waals surface area contributed by atoms with Gasteiger partial charge in [0.1, 0.15) is 0 Å². The molecule has 2 aromatic rings. The molecule has 0 saturated carbocycles. The lowest BCUT2D eigenvalue weighted by molar-refractivity contribution is 0.920. The summed E-state index contributed by atoms with van der Waals surface area (Å²) in [5, 5.41) is 4.37. The molecule has 19 heavy (non-hydrogen) atoms. The molecule has 1 aromatic heterocycles. The Hall–Kier alpha value is -1.35. The van der Waals surface area contributed by atoms with Gasteiger partial charge < -0.3 is 5.32 Å². The highest BCUT2D eigenvalue weighted by Gasteiger charge is 2.09. The van der Waals surface area contributed by atoms with Crippen LogP contribution in [-0.2, 0) is 0 Å². The van der Waals surface area contributed by atoms with Crippen LogP contribution in [-0.4, -0.2) is 18.6 Å². The Morgan fingerprint density at radius 2 is 2.16 bits per heavy atom. The molecule has 2 nitrogen and oxygen atoms in total. The van der Waals surface area contributed by atoms with Crippen LogP contribution >= 0.6 is 23.2 Å². The van der Waals surface area contributed by atoms with Gasteiger partial charge in [-0.3, -0.25) is 4.98 Å². The molecule has 98 valence electrons. The second-order valence-electron chi connectivity index (χ2n) is 4.04. The van der Waals surface area contributed by atoms with E-state index in [0.29, 0.717) is 10.0 Å². The number of nitrogens with one attached hydrogen (secondary N) is 1. The lowest BCUT2D eigenvalue weighted by Gasteiger charge is -2.10. The Balaban J connectivity index is 2.50. The van der Waals surface area contributed by atoms with E-state index in [0.717, 1.165) is 23.2 Å². The highest BCUT2D eigenvalue weighted by atomic mass is 35.5. The molecule has 0 saturated heterocycles. The predicted octanol–water partition coefficient (Wildman–Crippen LogP) is 4.04. The van der Waals surface area contributed by atoms with Crippen molar-refractivity contribution in [1.82, 2.24) is 10.3 Å². The summed E-state index contributed by atoms with van der Waals surface area (Å²) in [4.78, 5) is 4.16. The van der Waals surface area contributed by atoms with Crippen LogP contribution in [0.5, 0.6) is 0 Å². The van der Waals surface area contributed by atoms with E-state index < -0.39 is 0 Å². The van der Waals surface area contributed by atoms with Gasteiger partial charge >= 0.3 is 0 Å². The van der Waals surface area contributed by atoms with Gasteiger partial charge in [0.25, 0.3) is 0 Å². The van der Waals surface area contributed by atoms with Crippen LogP contribution in [0.3, 0.4) is 0 Å². The van der Waals surface area contributed by atoms with E-state index in [4.69, 9.17) is 23.2 Å². The van der Waals surface area contributed by atoms with Gasteiger partial charge in [-0.25, -0.2) is 0 Å². The molecule has 0 unspecified atom stereocenters. The third-order valence-electron chi connectivity index (χ3n) is 2.70. The standard InChI is InChI=1S/C15H14Cl2N2/c1-18-8-6-13(11-3-2-7-19-10-11)14-5-4-12(16)9-15(14)17/h2-7,9-10,18H,8H2,1H3/b13-6+. The van der Waals surface area contributed by atoms with Gasteiger partial charge in [-0.05, 0) is 30.8 Å². The number of benzene rings is 1. The molecule has 0 radical (unpaired) electrons. The van der Waals surface area contributed by atoms with Gasteiger partial charge in [0, 0.05) is 40.1 Å². The fraction of sp³-hybridized carbons (Fsp3) is 0.133. The summed E-state index contributed by atoms with van der Waals surface area (Å²) < 4.78 is 0. The first-order valence-corrected chi connectivity index (χ1v) is 6.68. The van der Waals surface area contributed by atoms with Crippen molar-refractivity contribution in [2.75, 3.05) is 13.6 Å². The van der Waals surface area contributed by atoms with Crippen molar-refractivity contribution in [3.8, 4) is 0 Å². The summed E-state index contributed by atoms with van der Waals surface area (Å²) in [5.74, 6) is 0. The molecule has 0 amide bonds. The van der Waals surface area contributed by atoms with Crippen LogP contribution in [0, 0.1) is 0 Å². The van der Waals surface area contributed by atoms with Crippen LogP contribution in [0.25, 0.3) is 5.57 Å². The van der Waals surface area contributed by atoms with E-state index in [-0.39, 0.29) is 0 Å². The molecule has 1 N–H and O–H groups in total. The minimum atomic E-state index is 0.632. The fourth-order valence-corrected chi connectivity index (χ4v) is 2.33. The molecule has 4 heteroatoms. The molecule has 1 aromatic carbocycles. The lowest BCUT2D eigenvalue weighted by atomic mass is 9.99. The second kappa shape index (κ2) is 6.71. The number of nitrogens with zero attached hydrogens (tertiary/aromatic N) is 1. The quantitative estimate of drug-likeness (QED) is 0.920.